The van der Waals surface area contributed by atoms with Gasteiger partial charge in [0.25, 0.3) is 0 Å². The van der Waals surface area contributed by atoms with Crippen LogP contribution in [0.25, 0.3) is 0 Å². The van der Waals surface area contributed by atoms with Crippen LogP contribution in [0.1, 0.15) is 0 Å². The maximum absolute atomic E-state index is 11.8. The van der Waals surface area contributed by atoms with Crippen LogP contribution in [-0.2, 0) is 9.53 Å². The van der Waals surface area contributed by atoms with Crippen molar-refractivity contribution in [3.8, 4) is 0 Å². The van der Waals surface area contributed by atoms with Crippen LogP contribution in [0.2, 0.25) is 0 Å². The van der Waals surface area contributed by atoms with Gasteiger partial charge in [-0.1, -0.05) is 6.58 Å². The number of carbonyl (C=O) groups excluding carboxylic acids is 1. The Balaban J connectivity index is 3.75. The lowest BCUT2D eigenvalue weighted by molar-refractivity contribution is -0.139. The van der Waals surface area contributed by atoms with Crippen LogP contribution in [0.4, 0.5) is 17.6 Å². The van der Waals surface area contributed by atoms with E-state index in [1.165, 1.54) is 0 Å². The number of halogens is 4. The average molecular weight is 198 g/mol. The minimum atomic E-state index is -4.46. The van der Waals surface area contributed by atoms with Gasteiger partial charge in [-0.25, -0.2) is 4.79 Å². The second-order valence-corrected chi connectivity index (χ2v) is 1.95. The van der Waals surface area contributed by atoms with Gasteiger partial charge in [0.2, 0.25) is 5.83 Å². The van der Waals surface area contributed by atoms with Crippen LogP contribution >= 0.6 is 0 Å². The third-order valence-electron chi connectivity index (χ3n) is 0.839. The van der Waals surface area contributed by atoms with Gasteiger partial charge in [-0.15, -0.1) is 0 Å². The Labute approximate surface area is 71.5 Å². The Bertz CT molecular complexity index is 229. The van der Waals surface area contributed by atoms with Gasteiger partial charge in [0.15, 0.2) is 0 Å². The summed E-state index contributed by atoms with van der Waals surface area (Å²) in [5, 5.41) is 0. The molecule has 0 aromatic rings. The van der Waals surface area contributed by atoms with Crippen molar-refractivity contribution >= 4 is 5.97 Å². The molecule has 0 aromatic carbocycles. The van der Waals surface area contributed by atoms with Gasteiger partial charge in [0.05, 0.1) is 0 Å². The molecule has 0 aliphatic carbocycles. The van der Waals surface area contributed by atoms with E-state index in [0.29, 0.717) is 6.08 Å². The summed E-state index contributed by atoms with van der Waals surface area (Å²) in [6, 6.07) is 0. The molecule has 0 aliphatic heterocycles. The molecule has 0 unspecified atom stereocenters. The normalized spacial score (nSPS) is 11.7. The van der Waals surface area contributed by atoms with Crippen LogP contribution in [0.5, 0.6) is 0 Å². The maximum Gasteiger partial charge on any atom is 0.409 e. The molecule has 0 N–H and O–H groups in total. The summed E-state index contributed by atoms with van der Waals surface area (Å²) in [6.07, 6.45) is -4.01. The van der Waals surface area contributed by atoms with E-state index in [-0.39, 0.29) is 6.08 Å². The molecule has 0 amide bonds. The van der Waals surface area contributed by atoms with E-state index < -0.39 is 24.6 Å². The fourth-order valence-electron chi connectivity index (χ4n) is 0.384. The van der Waals surface area contributed by atoms with Crippen LogP contribution < -0.4 is 0 Å². The number of ether oxygens (including phenoxy) is 1. The number of hydrogen-bond donors (Lipinski definition) is 0. The molecule has 0 saturated heterocycles. The number of alkyl halides is 3. The molecule has 6 heteroatoms. The summed E-state index contributed by atoms with van der Waals surface area (Å²) >= 11 is 0. The highest BCUT2D eigenvalue weighted by Crippen LogP contribution is 2.15. The monoisotopic (exact) mass is 198 g/mol. The van der Waals surface area contributed by atoms with Gasteiger partial charge in [-0.2, -0.15) is 17.6 Å². The summed E-state index contributed by atoms with van der Waals surface area (Å²) < 4.78 is 50.1. The van der Waals surface area contributed by atoms with Crippen molar-refractivity contribution in [1.29, 1.82) is 0 Å². The molecule has 0 aliphatic rings. The zero-order valence-electron chi connectivity index (χ0n) is 6.40. The summed E-state index contributed by atoms with van der Waals surface area (Å²) in [5.41, 5.74) is 0. The van der Waals surface area contributed by atoms with E-state index in [0.717, 1.165) is 0 Å². The predicted molar refractivity (Wildman–Crippen MR) is 36.4 cm³/mol. The Morgan fingerprint density at radius 3 is 2.38 bits per heavy atom. The van der Waals surface area contributed by atoms with Crippen LogP contribution in [0.3, 0.4) is 0 Å². The largest absolute Gasteiger partial charge is 0.456 e. The number of allylic oxidation sites excluding steroid dienone is 1. The quantitative estimate of drug-likeness (QED) is 0.300. The van der Waals surface area contributed by atoms with Crippen LogP contribution in [-0.4, -0.2) is 18.8 Å². The molecule has 74 valence electrons. The minimum absolute atomic E-state index is 0.110. The van der Waals surface area contributed by atoms with Gasteiger partial charge >= 0.3 is 12.1 Å². The van der Waals surface area contributed by atoms with E-state index in [1.54, 1.807) is 0 Å². The molecule has 0 aromatic heterocycles. The van der Waals surface area contributed by atoms with Gasteiger partial charge in [-0.3, -0.25) is 0 Å². The topological polar surface area (TPSA) is 26.3 Å². The third kappa shape index (κ3) is 7.04. The number of esters is 1. The Hall–Kier alpha value is -1.33. The second-order valence-electron chi connectivity index (χ2n) is 1.95. The molecule has 0 rings (SSSR count). The van der Waals surface area contributed by atoms with Gasteiger partial charge in [-0.05, 0) is 6.08 Å². The molecule has 13 heavy (non-hydrogen) atoms. The second kappa shape index (κ2) is 4.64. The molecule has 0 spiro atoms. The molecule has 0 fully saturated rings. The molecule has 0 atom stereocenters. The number of rotatable bonds is 3. The number of hydrogen-bond acceptors (Lipinski definition) is 2. The standard InChI is InChI=1S/C7H6F4O2/c1-5(8)6(12)13-4-2-3-7(9,10)11/h2-3H,1,4H2. The van der Waals surface area contributed by atoms with E-state index in [4.69, 9.17) is 0 Å². The van der Waals surface area contributed by atoms with Crippen molar-refractivity contribution < 1.29 is 27.1 Å². The van der Waals surface area contributed by atoms with Gasteiger partial charge < -0.3 is 4.74 Å². The summed E-state index contributed by atoms with van der Waals surface area (Å²) in [5.74, 6) is -2.72. The average Bonchev–Trinajstić information content (AvgIpc) is 1.95. The fraction of sp³-hybridized carbons (Fsp3) is 0.286. The lowest BCUT2D eigenvalue weighted by Crippen LogP contribution is -2.06. The maximum atomic E-state index is 11.8. The molecular formula is C7H6F4O2. The first-order valence-corrected chi connectivity index (χ1v) is 3.09. The zero-order chi connectivity index (χ0) is 10.5. The first-order chi connectivity index (χ1) is 5.83. The lowest BCUT2D eigenvalue weighted by atomic mass is 10.5. The summed E-state index contributed by atoms with van der Waals surface area (Å²) in [6.45, 7) is 1.96. The molecule has 0 bridgehead atoms. The van der Waals surface area contributed by atoms with Crippen molar-refractivity contribution in [2.75, 3.05) is 6.61 Å². The predicted octanol–water partition coefficient (Wildman–Crippen LogP) is 2.13. The Morgan fingerprint density at radius 2 is 2.00 bits per heavy atom. The Morgan fingerprint density at radius 1 is 1.46 bits per heavy atom. The first-order valence-electron chi connectivity index (χ1n) is 3.09. The number of carbonyl (C=O) groups is 1. The van der Waals surface area contributed by atoms with Crippen molar-refractivity contribution in [2.24, 2.45) is 0 Å². The molecule has 2 nitrogen and oxygen atoms in total. The lowest BCUT2D eigenvalue weighted by Gasteiger charge is -1.99. The molecular weight excluding hydrogens is 192 g/mol. The summed E-state index contributed by atoms with van der Waals surface area (Å²) in [4.78, 5) is 10.3. The zero-order valence-corrected chi connectivity index (χ0v) is 6.40. The van der Waals surface area contributed by atoms with Crippen molar-refractivity contribution in [3.63, 3.8) is 0 Å². The highest BCUT2D eigenvalue weighted by Gasteiger charge is 2.21. The van der Waals surface area contributed by atoms with Gasteiger partial charge in [0.1, 0.15) is 6.61 Å². The van der Waals surface area contributed by atoms with Gasteiger partial charge in [0, 0.05) is 6.08 Å². The third-order valence-corrected chi connectivity index (χ3v) is 0.839. The van der Waals surface area contributed by atoms with Crippen molar-refractivity contribution in [2.45, 2.75) is 6.18 Å². The molecule has 0 heterocycles. The minimum Gasteiger partial charge on any atom is -0.456 e. The highest BCUT2D eigenvalue weighted by atomic mass is 19.4. The highest BCUT2D eigenvalue weighted by molar-refractivity contribution is 5.85. The SMILES string of the molecule is C=C(F)C(=O)OCC=CC(F)(F)F. The van der Waals surface area contributed by atoms with Crippen molar-refractivity contribution in [3.05, 3.63) is 24.6 Å². The smallest absolute Gasteiger partial charge is 0.409 e. The fourth-order valence-corrected chi connectivity index (χ4v) is 0.384. The molecule has 0 saturated carbocycles. The van der Waals surface area contributed by atoms with E-state index in [1.807, 2.05) is 0 Å². The van der Waals surface area contributed by atoms with E-state index in [2.05, 4.69) is 11.3 Å². The first kappa shape index (κ1) is 11.7. The molecule has 0 radical (unpaired) electrons. The van der Waals surface area contributed by atoms with Crippen molar-refractivity contribution in [1.82, 2.24) is 0 Å². The van der Waals surface area contributed by atoms with E-state index >= 15 is 0 Å². The Kier molecular flexibility index (Phi) is 4.16. The van der Waals surface area contributed by atoms with Crippen LogP contribution in [0.15, 0.2) is 24.6 Å². The van der Waals surface area contributed by atoms with Crippen LogP contribution in [0, 0.1) is 0 Å². The summed E-state index contributed by atoms with van der Waals surface area (Å²) in [7, 11) is 0. The van der Waals surface area contributed by atoms with E-state index in [9.17, 15) is 22.4 Å².